The first-order valence-electron chi connectivity index (χ1n) is 6.03. The monoisotopic (exact) mass is 250 g/mol. The third-order valence-corrected chi connectivity index (χ3v) is 3.05. The Morgan fingerprint density at radius 2 is 1.72 bits per heavy atom. The minimum absolute atomic E-state index is 0.102. The molecule has 5 heteroatoms. The van der Waals surface area contributed by atoms with Crippen molar-refractivity contribution in [1.82, 2.24) is 4.90 Å². The van der Waals surface area contributed by atoms with E-state index >= 15 is 0 Å². The molecule has 0 atom stereocenters. The lowest BCUT2D eigenvalue weighted by molar-refractivity contribution is 0.222. The fourth-order valence-electron chi connectivity index (χ4n) is 2.08. The zero-order valence-electron chi connectivity index (χ0n) is 10.7. The van der Waals surface area contributed by atoms with Crippen LogP contribution in [-0.2, 0) is 0 Å². The fraction of sp³-hybridized carbons (Fsp3) is 0.462. The minimum atomic E-state index is -0.102. The molecule has 1 heterocycles. The van der Waals surface area contributed by atoms with E-state index in [9.17, 15) is 4.79 Å². The van der Waals surface area contributed by atoms with Crippen LogP contribution in [0.25, 0.3) is 0 Å². The number of hydrogen-bond donors (Lipinski definition) is 1. The molecule has 2 rings (SSSR count). The Bertz CT molecular complexity index is 406. The van der Waals surface area contributed by atoms with Gasteiger partial charge < -0.3 is 19.7 Å². The van der Waals surface area contributed by atoms with Crippen molar-refractivity contribution in [3.05, 3.63) is 18.2 Å². The number of hydrogen-bond acceptors (Lipinski definition) is 3. The molecule has 1 N–H and O–H groups in total. The van der Waals surface area contributed by atoms with Gasteiger partial charge in [-0.25, -0.2) is 4.79 Å². The van der Waals surface area contributed by atoms with Crippen LogP contribution in [0.15, 0.2) is 18.2 Å². The van der Waals surface area contributed by atoms with Crippen molar-refractivity contribution < 1.29 is 14.3 Å². The first-order chi connectivity index (χ1) is 8.76. The molecule has 1 aliphatic heterocycles. The molecular weight excluding hydrogens is 232 g/mol. The predicted molar refractivity (Wildman–Crippen MR) is 69.4 cm³/mol. The summed E-state index contributed by atoms with van der Waals surface area (Å²) in [5.41, 5.74) is 0.583. The Balaban J connectivity index is 2.18. The van der Waals surface area contributed by atoms with Crippen molar-refractivity contribution in [2.75, 3.05) is 32.6 Å². The minimum Gasteiger partial charge on any atom is -0.494 e. The van der Waals surface area contributed by atoms with Crippen molar-refractivity contribution in [1.29, 1.82) is 0 Å². The predicted octanol–water partition coefficient (Wildman–Crippen LogP) is 2.33. The number of nitrogens with zero attached hydrogens (tertiary/aromatic N) is 1. The molecular formula is C13H18N2O3. The van der Waals surface area contributed by atoms with E-state index in [0.29, 0.717) is 17.2 Å². The largest absolute Gasteiger partial charge is 0.494 e. The maximum Gasteiger partial charge on any atom is 0.322 e. The van der Waals surface area contributed by atoms with Crippen molar-refractivity contribution in [3.8, 4) is 11.5 Å². The van der Waals surface area contributed by atoms with Gasteiger partial charge in [-0.1, -0.05) is 6.07 Å². The molecule has 1 aromatic carbocycles. The van der Waals surface area contributed by atoms with Gasteiger partial charge in [-0.3, -0.25) is 0 Å². The van der Waals surface area contributed by atoms with Crippen LogP contribution in [0, 0.1) is 0 Å². The Hall–Kier alpha value is -1.91. The molecule has 0 aliphatic carbocycles. The highest BCUT2D eigenvalue weighted by atomic mass is 16.5. The van der Waals surface area contributed by atoms with Crippen LogP contribution in [-0.4, -0.2) is 38.2 Å². The number of carbonyl (C=O) groups is 1. The van der Waals surface area contributed by atoms with E-state index in [0.717, 1.165) is 25.9 Å². The molecule has 0 unspecified atom stereocenters. The van der Waals surface area contributed by atoms with Gasteiger partial charge in [0.1, 0.15) is 17.2 Å². The highest BCUT2D eigenvalue weighted by molar-refractivity contribution is 5.93. The first-order valence-corrected chi connectivity index (χ1v) is 6.03. The van der Waals surface area contributed by atoms with Crippen LogP contribution < -0.4 is 14.8 Å². The van der Waals surface area contributed by atoms with Gasteiger partial charge in [-0.15, -0.1) is 0 Å². The number of nitrogens with one attached hydrogen (secondary N) is 1. The van der Waals surface area contributed by atoms with Crippen LogP contribution in [0.1, 0.15) is 12.8 Å². The highest BCUT2D eigenvalue weighted by Crippen LogP contribution is 2.34. The van der Waals surface area contributed by atoms with Crippen molar-refractivity contribution in [2.45, 2.75) is 12.8 Å². The third kappa shape index (κ3) is 2.50. The number of anilines is 1. The second-order valence-corrected chi connectivity index (χ2v) is 4.16. The topological polar surface area (TPSA) is 50.8 Å². The van der Waals surface area contributed by atoms with E-state index in [1.807, 2.05) is 6.07 Å². The molecule has 2 amide bonds. The number of rotatable bonds is 3. The Kier molecular flexibility index (Phi) is 3.92. The molecule has 1 aliphatic rings. The van der Waals surface area contributed by atoms with Gasteiger partial charge in [0.25, 0.3) is 0 Å². The van der Waals surface area contributed by atoms with Crippen LogP contribution >= 0.6 is 0 Å². The number of methoxy groups -OCH3 is 2. The number of amides is 2. The van der Waals surface area contributed by atoms with Gasteiger partial charge >= 0.3 is 6.03 Å². The van der Waals surface area contributed by atoms with E-state index in [-0.39, 0.29) is 6.03 Å². The Morgan fingerprint density at radius 1 is 1.17 bits per heavy atom. The smallest absolute Gasteiger partial charge is 0.322 e. The van der Waals surface area contributed by atoms with Crippen LogP contribution in [0.4, 0.5) is 10.5 Å². The zero-order chi connectivity index (χ0) is 13.0. The molecule has 0 radical (unpaired) electrons. The van der Waals surface area contributed by atoms with Gasteiger partial charge in [0, 0.05) is 13.1 Å². The number of urea groups is 1. The molecule has 1 aromatic rings. The SMILES string of the molecule is COc1cccc(OC)c1NC(=O)N1CCCC1. The lowest BCUT2D eigenvalue weighted by atomic mass is 10.2. The van der Waals surface area contributed by atoms with Gasteiger partial charge in [0.2, 0.25) is 0 Å². The number of likely N-dealkylation sites (tertiary alicyclic amines) is 1. The molecule has 0 aromatic heterocycles. The summed E-state index contributed by atoms with van der Waals surface area (Å²) in [5.74, 6) is 1.20. The van der Waals surface area contributed by atoms with E-state index in [4.69, 9.17) is 9.47 Å². The van der Waals surface area contributed by atoms with Gasteiger partial charge in [0.15, 0.2) is 0 Å². The summed E-state index contributed by atoms with van der Waals surface area (Å²) >= 11 is 0. The van der Waals surface area contributed by atoms with Crippen molar-refractivity contribution in [2.24, 2.45) is 0 Å². The number of carbonyl (C=O) groups excluding carboxylic acids is 1. The van der Waals surface area contributed by atoms with E-state index in [1.54, 1.807) is 31.3 Å². The standard InChI is InChI=1S/C13H18N2O3/c1-17-10-6-5-7-11(18-2)12(10)14-13(16)15-8-3-4-9-15/h5-7H,3-4,8-9H2,1-2H3,(H,14,16). The quantitative estimate of drug-likeness (QED) is 0.895. The molecule has 5 nitrogen and oxygen atoms in total. The Morgan fingerprint density at radius 3 is 2.22 bits per heavy atom. The third-order valence-electron chi connectivity index (χ3n) is 3.05. The highest BCUT2D eigenvalue weighted by Gasteiger charge is 2.20. The first kappa shape index (κ1) is 12.5. The second-order valence-electron chi connectivity index (χ2n) is 4.16. The van der Waals surface area contributed by atoms with E-state index in [2.05, 4.69) is 5.32 Å². The summed E-state index contributed by atoms with van der Waals surface area (Å²) in [6, 6.07) is 5.31. The maximum absolute atomic E-state index is 12.1. The summed E-state index contributed by atoms with van der Waals surface area (Å²) in [6.07, 6.45) is 2.13. The average Bonchev–Trinajstić information content (AvgIpc) is 2.93. The number of benzene rings is 1. The van der Waals surface area contributed by atoms with E-state index < -0.39 is 0 Å². The lowest BCUT2D eigenvalue weighted by Crippen LogP contribution is -2.32. The summed E-state index contributed by atoms with van der Waals surface area (Å²) in [4.78, 5) is 13.9. The molecule has 1 saturated heterocycles. The van der Waals surface area contributed by atoms with Crippen LogP contribution in [0.3, 0.4) is 0 Å². The van der Waals surface area contributed by atoms with Gasteiger partial charge in [-0.2, -0.15) is 0 Å². The Labute approximate surface area is 107 Å². The summed E-state index contributed by atoms with van der Waals surface area (Å²) < 4.78 is 10.5. The fourth-order valence-corrected chi connectivity index (χ4v) is 2.08. The van der Waals surface area contributed by atoms with Crippen molar-refractivity contribution in [3.63, 3.8) is 0 Å². The molecule has 0 saturated carbocycles. The van der Waals surface area contributed by atoms with Gasteiger partial charge in [0.05, 0.1) is 14.2 Å². The van der Waals surface area contributed by atoms with E-state index in [1.165, 1.54) is 0 Å². The average molecular weight is 250 g/mol. The molecule has 18 heavy (non-hydrogen) atoms. The zero-order valence-corrected chi connectivity index (χ0v) is 10.7. The number of para-hydroxylation sites is 1. The normalized spacial score (nSPS) is 14.4. The molecule has 98 valence electrons. The van der Waals surface area contributed by atoms with Crippen LogP contribution in [0.5, 0.6) is 11.5 Å². The number of ether oxygens (including phenoxy) is 2. The second kappa shape index (κ2) is 5.62. The van der Waals surface area contributed by atoms with Gasteiger partial charge in [-0.05, 0) is 25.0 Å². The maximum atomic E-state index is 12.1. The summed E-state index contributed by atoms with van der Waals surface area (Å²) in [6.45, 7) is 1.62. The summed E-state index contributed by atoms with van der Waals surface area (Å²) in [7, 11) is 3.14. The molecule has 0 bridgehead atoms. The molecule has 1 fully saturated rings. The van der Waals surface area contributed by atoms with Crippen LogP contribution in [0.2, 0.25) is 0 Å². The van der Waals surface area contributed by atoms with Crippen molar-refractivity contribution >= 4 is 11.7 Å². The molecule has 0 spiro atoms. The summed E-state index contributed by atoms with van der Waals surface area (Å²) in [5, 5.41) is 2.86. The lowest BCUT2D eigenvalue weighted by Gasteiger charge is -2.19.